The summed E-state index contributed by atoms with van der Waals surface area (Å²) in [4.78, 5) is 21.5. The molecule has 1 fully saturated rings. The van der Waals surface area contributed by atoms with E-state index in [0.29, 0.717) is 35.6 Å². The molecule has 4 aromatic heterocycles. The zero-order valence-electron chi connectivity index (χ0n) is 24.6. The molecule has 0 bridgehead atoms. The highest BCUT2D eigenvalue weighted by atomic mass is 19.4. The highest BCUT2D eigenvalue weighted by Crippen LogP contribution is 2.46. The fraction of sp³-hybridized carbons (Fsp3) is 0.367. The normalized spacial score (nSPS) is 17.1. The Morgan fingerprint density at radius 1 is 1.11 bits per heavy atom. The van der Waals surface area contributed by atoms with Crippen LogP contribution >= 0.6 is 0 Å². The Balaban J connectivity index is 1.50. The standard InChI is InChI=1S/C30H30F4N10O/c1-15-11-19(35)39-24(22(15)30(32,33)34)20-18-12-38-44-10-9-43(13-16-5-3-7-37-27(16)36)28-21(26(18)44)25(23(20)31)40-29(41-28)45-14-17-6-4-8-42(17)2/h3,5,7,11-12,17H,4,6,8-10,13-14H2,1-2H3,(H2,35,39)(H2,36,37)/t17-/m1/s1. The van der Waals surface area contributed by atoms with Gasteiger partial charge in [0.1, 0.15) is 29.6 Å². The van der Waals surface area contributed by atoms with Gasteiger partial charge in [0.05, 0.1) is 34.9 Å². The Morgan fingerprint density at radius 3 is 2.67 bits per heavy atom. The van der Waals surface area contributed by atoms with Crippen molar-refractivity contribution in [2.45, 2.75) is 45.1 Å². The number of anilines is 3. The molecule has 2 aliphatic heterocycles. The van der Waals surface area contributed by atoms with Gasteiger partial charge in [-0.3, -0.25) is 4.68 Å². The summed E-state index contributed by atoms with van der Waals surface area (Å²) in [5, 5.41) is 4.90. The molecule has 6 heterocycles. The van der Waals surface area contributed by atoms with Crippen LogP contribution in [0.25, 0.3) is 33.1 Å². The quantitative estimate of drug-likeness (QED) is 0.259. The molecule has 0 radical (unpaired) electrons. The molecule has 0 spiro atoms. The highest BCUT2D eigenvalue weighted by molar-refractivity contribution is 6.15. The zero-order valence-corrected chi connectivity index (χ0v) is 24.6. The number of hydrogen-bond donors (Lipinski definition) is 2. The molecule has 7 rings (SSSR count). The SMILES string of the molecule is Cc1cc(N)nc(-c2c(F)c3nc(OC[C@H]4CCCN4C)nc4c3c3c2cnn3CCN4Cc2cccnc2N)c1C(F)(F)F. The fourth-order valence-electron chi connectivity index (χ4n) is 6.43. The summed E-state index contributed by atoms with van der Waals surface area (Å²) in [6.45, 7) is 3.43. The maximum absolute atomic E-state index is 17.0. The average Bonchev–Trinajstić information content (AvgIpc) is 3.55. The molecule has 0 amide bonds. The van der Waals surface area contributed by atoms with Crippen molar-refractivity contribution in [1.29, 1.82) is 0 Å². The largest absolute Gasteiger partial charge is 0.462 e. The van der Waals surface area contributed by atoms with Crippen molar-refractivity contribution in [3.8, 4) is 17.3 Å². The maximum atomic E-state index is 17.0. The van der Waals surface area contributed by atoms with E-state index in [-0.39, 0.29) is 53.1 Å². The van der Waals surface area contributed by atoms with Crippen molar-refractivity contribution in [3.63, 3.8) is 0 Å². The second-order valence-corrected chi connectivity index (χ2v) is 11.5. The lowest BCUT2D eigenvalue weighted by atomic mass is 9.96. The summed E-state index contributed by atoms with van der Waals surface area (Å²) >= 11 is 0. The van der Waals surface area contributed by atoms with E-state index in [1.807, 2.05) is 18.0 Å². The number of hydrogen-bond acceptors (Lipinski definition) is 10. The van der Waals surface area contributed by atoms with Gasteiger partial charge in [0.25, 0.3) is 0 Å². The Kier molecular flexibility index (Phi) is 6.87. The maximum Gasteiger partial charge on any atom is 0.418 e. The molecular formula is C30H30F4N10O. The second-order valence-electron chi connectivity index (χ2n) is 11.5. The summed E-state index contributed by atoms with van der Waals surface area (Å²) in [5.41, 5.74) is 10.7. The number of likely N-dealkylation sites (N-methyl/N-ethyl adjacent to an activating group) is 1. The van der Waals surface area contributed by atoms with Gasteiger partial charge in [-0.2, -0.15) is 28.2 Å². The van der Waals surface area contributed by atoms with Crippen molar-refractivity contribution in [1.82, 2.24) is 34.6 Å². The monoisotopic (exact) mass is 622 g/mol. The van der Waals surface area contributed by atoms with Crippen LogP contribution in [0.15, 0.2) is 30.6 Å². The molecule has 11 nitrogen and oxygen atoms in total. The van der Waals surface area contributed by atoms with Crippen LogP contribution in [0.3, 0.4) is 0 Å². The van der Waals surface area contributed by atoms with Gasteiger partial charge < -0.3 is 26.0 Å². The number of aromatic nitrogens is 6. The average molecular weight is 623 g/mol. The van der Waals surface area contributed by atoms with E-state index in [9.17, 15) is 13.2 Å². The lowest BCUT2D eigenvalue weighted by molar-refractivity contribution is -0.137. The summed E-state index contributed by atoms with van der Waals surface area (Å²) in [7, 11) is 2.00. The lowest BCUT2D eigenvalue weighted by Gasteiger charge is -2.25. The number of halogens is 4. The molecule has 45 heavy (non-hydrogen) atoms. The van der Waals surface area contributed by atoms with E-state index in [1.54, 1.807) is 16.9 Å². The zero-order chi connectivity index (χ0) is 31.6. The number of benzene rings is 1. The van der Waals surface area contributed by atoms with Gasteiger partial charge in [-0.15, -0.1) is 0 Å². The molecule has 5 aromatic rings. The number of aryl methyl sites for hydroxylation is 1. The van der Waals surface area contributed by atoms with Crippen molar-refractivity contribution < 1.29 is 22.3 Å². The van der Waals surface area contributed by atoms with Gasteiger partial charge in [0.15, 0.2) is 5.82 Å². The molecular weight excluding hydrogens is 592 g/mol. The van der Waals surface area contributed by atoms with Crippen LogP contribution in [0, 0.1) is 12.7 Å². The second kappa shape index (κ2) is 10.7. The molecule has 0 aliphatic carbocycles. The van der Waals surface area contributed by atoms with Gasteiger partial charge in [-0.1, -0.05) is 6.07 Å². The van der Waals surface area contributed by atoms with E-state index < -0.39 is 23.3 Å². The van der Waals surface area contributed by atoms with Crippen molar-refractivity contribution >= 4 is 39.3 Å². The number of pyridine rings is 2. The van der Waals surface area contributed by atoms with Gasteiger partial charge in [0, 0.05) is 41.8 Å². The lowest BCUT2D eigenvalue weighted by Crippen LogP contribution is -2.31. The minimum absolute atomic E-state index is 0.0908. The highest BCUT2D eigenvalue weighted by Gasteiger charge is 2.39. The van der Waals surface area contributed by atoms with Crippen molar-refractivity contribution in [3.05, 3.63) is 53.1 Å². The van der Waals surface area contributed by atoms with Gasteiger partial charge >= 0.3 is 12.2 Å². The van der Waals surface area contributed by atoms with Crippen LogP contribution in [-0.4, -0.2) is 67.4 Å². The fourth-order valence-corrected chi connectivity index (χ4v) is 6.43. The molecule has 4 N–H and O–H groups in total. The minimum atomic E-state index is -4.84. The predicted octanol–water partition coefficient (Wildman–Crippen LogP) is 4.56. The molecule has 1 aromatic carbocycles. The van der Waals surface area contributed by atoms with Crippen LogP contribution in [0.2, 0.25) is 0 Å². The summed E-state index contributed by atoms with van der Waals surface area (Å²) in [6, 6.07) is 4.75. The molecule has 2 aliphatic rings. The Hall–Kier alpha value is -4.79. The molecule has 1 saturated heterocycles. The van der Waals surface area contributed by atoms with Crippen LogP contribution < -0.4 is 21.1 Å². The number of nitrogens with two attached hydrogens (primary N) is 2. The Labute approximate surface area is 254 Å². The minimum Gasteiger partial charge on any atom is -0.462 e. The topological polar surface area (TPSA) is 137 Å². The molecule has 0 saturated carbocycles. The smallest absolute Gasteiger partial charge is 0.418 e. The molecule has 15 heteroatoms. The number of ether oxygens (including phenoxy) is 1. The summed E-state index contributed by atoms with van der Waals surface area (Å²) in [6.07, 6.45) is 0.0406. The number of rotatable bonds is 6. The van der Waals surface area contributed by atoms with E-state index in [4.69, 9.17) is 21.2 Å². The Bertz CT molecular complexity index is 1960. The van der Waals surface area contributed by atoms with E-state index >= 15 is 4.39 Å². The third-order valence-electron chi connectivity index (χ3n) is 8.64. The van der Waals surface area contributed by atoms with E-state index in [0.717, 1.165) is 31.0 Å². The first-order valence-corrected chi connectivity index (χ1v) is 14.5. The van der Waals surface area contributed by atoms with Crippen molar-refractivity contribution in [2.24, 2.45) is 0 Å². The van der Waals surface area contributed by atoms with Crippen LogP contribution in [0.4, 0.5) is 35.0 Å². The van der Waals surface area contributed by atoms with Gasteiger partial charge in [0.2, 0.25) is 0 Å². The van der Waals surface area contributed by atoms with Crippen LogP contribution in [-0.2, 0) is 19.3 Å². The van der Waals surface area contributed by atoms with Gasteiger partial charge in [-0.25, -0.2) is 14.4 Å². The number of alkyl halides is 3. The van der Waals surface area contributed by atoms with E-state index in [1.165, 1.54) is 13.1 Å². The predicted molar refractivity (Wildman–Crippen MR) is 161 cm³/mol. The third kappa shape index (κ3) is 4.90. The molecule has 234 valence electrons. The van der Waals surface area contributed by atoms with Gasteiger partial charge in [-0.05, 0) is 51.1 Å². The van der Waals surface area contributed by atoms with E-state index in [2.05, 4.69) is 25.0 Å². The number of nitrogen functional groups attached to an aromatic ring is 2. The first-order valence-electron chi connectivity index (χ1n) is 14.5. The van der Waals surface area contributed by atoms with Crippen LogP contribution in [0.1, 0.15) is 29.5 Å². The first-order chi connectivity index (χ1) is 21.5. The number of likely N-dealkylation sites (tertiary alicyclic amines) is 1. The third-order valence-corrected chi connectivity index (χ3v) is 8.64. The molecule has 1 atom stereocenters. The van der Waals surface area contributed by atoms with Crippen molar-refractivity contribution in [2.75, 3.05) is 43.1 Å². The number of nitrogens with zero attached hydrogens (tertiary/aromatic N) is 8. The Morgan fingerprint density at radius 2 is 1.93 bits per heavy atom. The first kappa shape index (κ1) is 29.0. The van der Waals surface area contributed by atoms with Crippen LogP contribution in [0.5, 0.6) is 6.01 Å². The summed E-state index contributed by atoms with van der Waals surface area (Å²) in [5.74, 6) is -0.497. The summed E-state index contributed by atoms with van der Waals surface area (Å²) < 4.78 is 68.0. The molecule has 0 unspecified atom stereocenters.